The summed E-state index contributed by atoms with van der Waals surface area (Å²) in [5, 5.41) is 0.537. The lowest BCUT2D eigenvalue weighted by Crippen LogP contribution is -2.40. The molecule has 1 atom stereocenters. The maximum absolute atomic E-state index is 13.8. The first kappa shape index (κ1) is 28.3. The van der Waals surface area contributed by atoms with Crippen LogP contribution in [0.4, 0.5) is 0 Å². The fourth-order valence-corrected chi connectivity index (χ4v) is 5.70. The number of hydrogen-bond acceptors (Lipinski definition) is 8. The first-order chi connectivity index (χ1) is 19.7. The minimum atomic E-state index is -0.741. The van der Waals surface area contributed by atoms with Crippen molar-refractivity contribution in [2.75, 3.05) is 6.61 Å². The quantitative estimate of drug-likeness (QED) is 0.272. The first-order valence-corrected chi connectivity index (χ1v) is 14.2. The molecule has 41 heavy (non-hydrogen) atoms. The van der Waals surface area contributed by atoms with Crippen molar-refractivity contribution >= 4 is 41.0 Å². The number of benzene rings is 2. The molecule has 0 bridgehead atoms. The van der Waals surface area contributed by atoms with Crippen LogP contribution in [0.5, 0.6) is 0 Å². The van der Waals surface area contributed by atoms with Gasteiger partial charge in [-0.15, -0.1) is 0 Å². The maximum atomic E-state index is 13.8. The van der Waals surface area contributed by atoms with Gasteiger partial charge in [0.25, 0.3) is 5.56 Å². The van der Waals surface area contributed by atoms with Gasteiger partial charge in [-0.25, -0.2) is 14.6 Å². The molecule has 1 aliphatic rings. The third kappa shape index (κ3) is 5.82. The maximum Gasteiger partial charge on any atom is 0.338 e. The molecule has 1 aliphatic heterocycles. The second-order valence-corrected chi connectivity index (χ2v) is 11.0. The lowest BCUT2D eigenvalue weighted by atomic mass is 9.96. The Morgan fingerprint density at radius 3 is 2.59 bits per heavy atom. The van der Waals surface area contributed by atoms with Gasteiger partial charge in [-0.1, -0.05) is 47.2 Å². The van der Waals surface area contributed by atoms with Crippen LogP contribution in [0.3, 0.4) is 0 Å². The topological polar surface area (TPSA) is 100 Å². The number of allylic oxidation sites excluding steroid dienone is 1. The van der Waals surface area contributed by atoms with E-state index in [1.54, 1.807) is 88.4 Å². The van der Waals surface area contributed by atoms with E-state index in [0.717, 1.165) is 0 Å². The summed E-state index contributed by atoms with van der Waals surface area (Å²) < 4.78 is 18.5. The van der Waals surface area contributed by atoms with Crippen molar-refractivity contribution in [3.05, 3.63) is 114 Å². The number of rotatable bonds is 7. The Kier molecular flexibility index (Phi) is 8.10. The first-order valence-electron chi connectivity index (χ1n) is 13.0. The van der Waals surface area contributed by atoms with Gasteiger partial charge in [-0.3, -0.25) is 9.36 Å². The van der Waals surface area contributed by atoms with E-state index in [2.05, 4.69) is 4.99 Å². The van der Waals surface area contributed by atoms with E-state index in [9.17, 15) is 14.4 Å². The van der Waals surface area contributed by atoms with E-state index in [-0.39, 0.29) is 18.3 Å². The van der Waals surface area contributed by atoms with E-state index < -0.39 is 18.0 Å². The van der Waals surface area contributed by atoms with Crippen LogP contribution in [0, 0.1) is 0 Å². The third-order valence-corrected chi connectivity index (χ3v) is 7.56. The van der Waals surface area contributed by atoms with Gasteiger partial charge in [-0.2, -0.15) is 0 Å². The Bertz CT molecular complexity index is 1850. The molecule has 0 N–H and O–H groups in total. The van der Waals surface area contributed by atoms with Gasteiger partial charge in [0.1, 0.15) is 11.5 Å². The van der Waals surface area contributed by atoms with Crippen molar-refractivity contribution in [3.8, 4) is 11.3 Å². The SMILES string of the molecule is CCOC(=O)c1cccc(-c2ccc(/C=c3\sc4n(c3=O)C(c3ccc(Cl)cc3)C(C(=O)OC(C)C)=C(C)N=4)o2)c1. The predicted octanol–water partition coefficient (Wildman–Crippen LogP) is 5.28. The zero-order valence-electron chi connectivity index (χ0n) is 22.8. The van der Waals surface area contributed by atoms with Gasteiger partial charge in [0.15, 0.2) is 4.80 Å². The number of nitrogens with zero attached hydrogens (tertiary/aromatic N) is 2. The number of furan rings is 1. The monoisotopic (exact) mass is 590 g/mol. The molecule has 2 aromatic carbocycles. The fourth-order valence-electron chi connectivity index (χ4n) is 4.55. The summed E-state index contributed by atoms with van der Waals surface area (Å²) >= 11 is 7.33. The van der Waals surface area contributed by atoms with Gasteiger partial charge in [0, 0.05) is 16.7 Å². The van der Waals surface area contributed by atoms with Crippen LogP contribution in [0.2, 0.25) is 5.02 Å². The van der Waals surface area contributed by atoms with E-state index in [1.807, 2.05) is 6.07 Å². The predicted molar refractivity (Wildman–Crippen MR) is 157 cm³/mol. The van der Waals surface area contributed by atoms with E-state index >= 15 is 0 Å². The summed E-state index contributed by atoms with van der Waals surface area (Å²) in [4.78, 5) is 44.2. The number of carbonyl (C=O) groups is 2. The van der Waals surface area contributed by atoms with Crippen LogP contribution in [0.1, 0.15) is 55.4 Å². The molecule has 10 heteroatoms. The standard InChI is InChI=1S/C31H27ClN2O6S/c1-5-38-29(36)21-8-6-7-20(15-21)24-14-13-23(40-24)16-25-28(35)34-27(19-9-11-22(32)12-10-19)26(30(37)39-17(2)3)18(4)33-31(34)41-25/h6-17,27H,5H2,1-4H3/b25-16-. The van der Waals surface area contributed by atoms with Crippen LogP contribution in [-0.4, -0.2) is 29.2 Å². The number of fused-ring (bicyclic) bond motifs is 1. The lowest BCUT2D eigenvalue weighted by molar-refractivity contribution is -0.143. The molecule has 0 radical (unpaired) electrons. The van der Waals surface area contributed by atoms with Crippen LogP contribution in [0.15, 0.2) is 86.1 Å². The molecule has 2 aromatic heterocycles. The highest BCUT2D eigenvalue weighted by Gasteiger charge is 2.33. The number of carbonyl (C=O) groups excluding carboxylic acids is 2. The summed E-state index contributed by atoms with van der Waals surface area (Å²) in [6.45, 7) is 7.31. The molecule has 8 nitrogen and oxygen atoms in total. The molecule has 0 spiro atoms. The molecule has 1 unspecified atom stereocenters. The average Bonchev–Trinajstić information content (AvgIpc) is 3.52. The van der Waals surface area contributed by atoms with Crippen LogP contribution in [0.25, 0.3) is 17.4 Å². The molecule has 210 valence electrons. The summed E-state index contributed by atoms with van der Waals surface area (Å²) in [5.41, 5.74) is 2.27. The molecule has 5 rings (SSSR count). The Morgan fingerprint density at radius 1 is 1.12 bits per heavy atom. The largest absolute Gasteiger partial charge is 0.462 e. The Balaban J connectivity index is 1.57. The van der Waals surface area contributed by atoms with E-state index in [4.69, 9.17) is 25.5 Å². The molecular weight excluding hydrogens is 564 g/mol. The molecule has 0 aliphatic carbocycles. The van der Waals surface area contributed by atoms with Crippen molar-refractivity contribution in [1.29, 1.82) is 0 Å². The molecule has 0 saturated carbocycles. The number of halogens is 1. The summed E-state index contributed by atoms with van der Waals surface area (Å²) in [7, 11) is 0. The van der Waals surface area contributed by atoms with E-state index in [1.165, 1.54) is 15.9 Å². The Hall–Kier alpha value is -4.21. The van der Waals surface area contributed by atoms with Gasteiger partial charge in [0.2, 0.25) is 0 Å². The number of aromatic nitrogens is 1. The van der Waals surface area contributed by atoms with Crippen molar-refractivity contribution in [2.24, 2.45) is 4.99 Å². The highest BCUT2D eigenvalue weighted by atomic mass is 35.5. The van der Waals surface area contributed by atoms with Crippen LogP contribution in [-0.2, 0) is 14.3 Å². The van der Waals surface area contributed by atoms with Crippen molar-refractivity contribution in [3.63, 3.8) is 0 Å². The summed E-state index contributed by atoms with van der Waals surface area (Å²) in [6, 6.07) is 16.7. The van der Waals surface area contributed by atoms with Crippen LogP contribution >= 0.6 is 22.9 Å². The third-order valence-electron chi connectivity index (χ3n) is 6.33. The molecule has 0 fully saturated rings. The highest BCUT2D eigenvalue weighted by molar-refractivity contribution is 7.07. The lowest BCUT2D eigenvalue weighted by Gasteiger charge is -2.25. The molecule has 4 aromatic rings. The minimum absolute atomic E-state index is 0.282. The second kappa shape index (κ2) is 11.7. The van der Waals surface area contributed by atoms with Crippen molar-refractivity contribution in [2.45, 2.75) is 39.8 Å². The number of hydrogen-bond donors (Lipinski definition) is 0. The van der Waals surface area contributed by atoms with Gasteiger partial charge >= 0.3 is 11.9 Å². The molecular formula is C31H27ClN2O6S. The summed E-state index contributed by atoms with van der Waals surface area (Å²) in [5.74, 6) is 0.0365. The van der Waals surface area contributed by atoms with Crippen LogP contribution < -0.4 is 14.9 Å². The fraction of sp³-hybridized carbons (Fsp3) is 0.226. The van der Waals surface area contributed by atoms with Gasteiger partial charge < -0.3 is 13.9 Å². The molecule has 0 saturated heterocycles. The average molecular weight is 591 g/mol. The number of esters is 2. The second-order valence-electron chi connectivity index (χ2n) is 9.59. The Morgan fingerprint density at radius 2 is 1.88 bits per heavy atom. The normalized spacial score (nSPS) is 15.1. The Labute approximate surface area is 244 Å². The number of ether oxygens (including phenoxy) is 2. The van der Waals surface area contributed by atoms with Crippen molar-refractivity contribution < 1.29 is 23.5 Å². The molecule has 3 heterocycles. The van der Waals surface area contributed by atoms with Gasteiger partial charge in [0.05, 0.1) is 40.1 Å². The zero-order chi connectivity index (χ0) is 29.3. The zero-order valence-corrected chi connectivity index (χ0v) is 24.4. The minimum Gasteiger partial charge on any atom is -0.462 e. The molecule has 0 amide bonds. The van der Waals surface area contributed by atoms with Crippen molar-refractivity contribution in [1.82, 2.24) is 4.57 Å². The highest BCUT2D eigenvalue weighted by Crippen LogP contribution is 2.31. The smallest absolute Gasteiger partial charge is 0.338 e. The van der Waals surface area contributed by atoms with Gasteiger partial charge in [-0.05, 0) is 69.7 Å². The van der Waals surface area contributed by atoms with E-state index in [0.29, 0.717) is 53.8 Å². The number of thiazole rings is 1. The summed E-state index contributed by atoms with van der Waals surface area (Å²) in [6.07, 6.45) is 1.30.